The van der Waals surface area contributed by atoms with Crippen molar-refractivity contribution in [3.63, 3.8) is 0 Å². The topological polar surface area (TPSA) is 132 Å². The molecule has 0 unspecified atom stereocenters. The highest BCUT2D eigenvalue weighted by Gasteiger charge is 2.32. The van der Waals surface area contributed by atoms with Crippen molar-refractivity contribution >= 4 is 36.8 Å². The van der Waals surface area contributed by atoms with Crippen molar-refractivity contribution in [2.75, 3.05) is 18.6 Å². The van der Waals surface area contributed by atoms with Crippen molar-refractivity contribution in [2.45, 2.75) is 50.1 Å². The highest BCUT2D eigenvalue weighted by atomic mass is 32.2. The van der Waals surface area contributed by atoms with Crippen LogP contribution in [0.4, 0.5) is 0 Å². The highest BCUT2D eigenvalue weighted by molar-refractivity contribution is 7.91. The smallest absolute Gasteiger partial charge is 0.238 e. The van der Waals surface area contributed by atoms with E-state index in [1.165, 1.54) is 17.0 Å². The first kappa shape index (κ1) is 21.7. The molecular weight excluding hydrogens is 416 g/mol. The SMILES string of the molecule is CCCn1c(CCC(=O)N(C)[C@H]2CCS(=O)(=O)C2)nc2cc(S(N)(=O)=O)ccc21. The Hall–Kier alpha value is -1.98. The Morgan fingerprint density at radius 2 is 2.10 bits per heavy atom. The van der Waals surface area contributed by atoms with E-state index in [1.807, 2.05) is 11.5 Å². The van der Waals surface area contributed by atoms with E-state index in [4.69, 9.17) is 5.14 Å². The monoisotopic (exact) mass is 442 g/mol. The number of aromatic nitrogens is 2. The predicted molar refractivity (Wildman–Crippen MR) is 110 cm³/mol. The van der Waals surface area contributed by atoms with Crippen molar-refractivity contribution in [3.8, 4) is 0 Å². The molecule has 0 spiro atoms. The lowest BCUT2D eigenvalue weighted by molar-refractivity contribution is -0.131. The summed E-state index contributed by atoms with van der Waals surface area (Å²) in [6.07, 6.45) is 1.89. The molecule has 0 radical (unpaired) electrons. The Balaban J connectivity index is 1.80. The molecule has 9 nitrogen and oxygen atoms in total. The van der Waals surface area contributed by atoms with Gasteiger partial charge < -0.3 is 9.47 Å². The summed E-state index contributed by atoms with van der Waals surface area (Å²) in [5.74, 6) is 0.690. The van der Waals surface area contributed by atoms with Crippen LogP contribution in [0.2, 0.25) is 0 Å². The number of carbonyl (C=O) groups excluding carboxylic acids is 1. The summed E-state index contributed by atoms with van der Waals surface area (Å²) in [5.41, 5.74) is 1.31. The van der Waals surface area contributed by atoms with Gasteiger partial charge in [-0.25, -0.2) is 27.0 Å². The fraction of sp³-hybridized carbons (Fsp3) is 0.556. The Bertz CT molecular complexity index is 1140. The second-order valence-corrected chi connectivity index (χ2v) is 11.2. The molecule has 3 rings (SSSR count). The number of hydrogen-bond acceptors (Lipinski definition) is 6. The van der Waals surface area contributed by atoms with E-state index in [2.05, 4.69) is 4.98 Å². The summed E-state index contributed by atoms with van der Waals surface area (Å²) >= 11 is 0. The predicted octanol–water partition coefficient (Wildman–Crippen LogP) is 0.672. The molecule has 1 amide bonds. The van der Waals surface area contributed by atoms with E-state index >= 15 is 0 Å². The lowest BCUT2D eigenvalue weighted by atomic mass is 10.2. The van der Waals surface area contributed by atoms with Gasteiger partial charge in [-0.2, -0.15) is 0 Å². The number of sulfonamides is 1. The molecule has 1 aromatic heterocycles. The number of fused-ring (bicyclic) bond motifs is 1. The van der Waals surface area contributed by atoms with Crippen LogP contribution in [0.5, 0.6) is 0 Å². The van der Waals surface area contributed by atoms with Crippen molar-refractivity contribution in [1.82, 2.24) is 14.5 Å². The molecule has 11 heteroatoms. The van der Waals surface area contributed by atoms with E-state index in [-0.39, 0.29) is 34.8 Å². The molecule has 2 aromatic rings. The number of amides is 1. The van der Waals surface area contributed by atoms with Crippen LogP contribution < -0.4 is 5.14 Å². The number of nitrogens with two attached hydrogens (primary N) is 1. The number of carbonyl (C=O) groups is 1. The molecule has 1 aromatic carbocycles. The van der Waals surface area contributed by atoms with Crippen LogP contribution in [0, 0.1) is 0 Å². The Morgan fingerprint density at radius 3 is 2.69 bits per heavy atom. The van der Waals surface area contributed by atoms with Crippen LogP contribution in [0.1, 0.15) is 32.0 Å². The third-order valence-electron chi connectivity index (χ3n) is 5.29. The maximum Gasteiger partial charge on any atom is 0.238 e. The van der Waals surface area contributed by atoms with Crippen molar-refractivity contribution in [1.29, 1.82) is 0 Å². The van der Waals surface area contributed by atoms with Gasteiger partial charge in [0.25, 0.3) is 0 Å². The molecule has 1 fully saturated rings. The minimum absolute atomic E-state index is 0.00375. The van der Waals surface area contributed by atoms with Gasteiger partial charge in [-0.05, 0) is 31.0 Å². The van der Waals surface area contributed by atoms with E-state index < -0.39 is 19.9 Å². The zero-order valence-electron chi connectivity index (χ0n) is 16.5. The maximum absolute atomic E-state index is 12.6. The third kappa shape index (κ3) is 4.78. The number of benzene rings is 1. The van der Waals surface area contributed by atoms with E-state index in [0.717, 1.165) is 11.9 Å². The van der Waals surface area contributed by atoms with Gasteiger partial charge in [-0.15, -0.1) is 0 Å². The molecule has 0 saturated carbocycles. The second kappa shape index (κ2) is 8.04. The van der Waals surface area contributed by atoms with Gasteiger partial charge in [-0.1, -0.05) is 6.92 Å². The standard InChI is InChI=1S/C18H26N4O5S2/c1-3-9-22-16-5-4-14(29(19,26)27)11-15(16)20-17(22)6-7-18(23)21(2)13-8-10-28(24,25)12-13/h4-5,11,13H,3,6-10,12H2,1-2H3,(H2,19,26,27)/t13-/m0/s1. The van der Waals surface area contributed by atoms with Crippen LogP contribution in [-0.4, -0.2) is 61.8 Å². The average Bonchev–Trinajstić information content (AvgIpc) is 3.18. The normalized spacial score (nSPS) is 18.9. The Morgan fingerprint density at radius 1 is 1.38 bits per heavy atom. The first-order valence-electron chi connectivity index (χ1n) is 9.50. The van der Waals surface area contributed by atoms with Gasteiger partial charge in [0.2, 0.25) is 15.9 Å². The van der Waals surface area contributed by atoms with Crippen molar-refractivity contribution < 1.29 is 21.6 Å². The Labute approximate surface area is 170 Å². The zero-order chi connectivity index (χ0) is 21.4. The van der Waals surface area contributed by atoms with Crippen LogP contribution in [0.15, 0.2) is 23.1 Å². The van der Waals surface area contributed by atoms with E-state index in [0.29, 0.717) is 30.7 Å². The summed E-state index contributed by atoms with van der Waals surface area (Å²) in [6.45, 7) is 2.71. The van der Waals surface area contributed by atoms with Crippen LogP contribution in [-0.2, 0) is 37.6 Å². The fourth-order valence-electron chi connectivity index (χ4n) is 3.68. The fourth-order valence-corrected chi connectivity index (χ4v) is 5.99. The quantitative estimate of drug-likeness (QED) is 0.670. The Kier molecular flexibility index (Phi) is 6.02. The van der Waals surface area contributed by atoms with Crippen LogP contribution in [0.3, 0.4) is 0 Å². The van der Waals surface area contributed by atoms with Crippen molar-refractivity contribution in [2.24, 2.45) is 5.14 Å². The molecule has 160 valence electrons. The number of primary sulfonamides is 1. The van der Waals surface area contributed by atoms with Crippen molar-refractivity contribution in [3.05, 3.63) is 24.0 Å². The van der Waals surface area contributed by atoms with E-state index in [1.54, 1.807) is 13.1 Å². The molecule has 0 aliphatic carbocycles. The number of hydrogen-bond donors (Lipinski definition) is 1. The third-order valence-corrected chi connectivity index (χ3v) is 7.95. The van der Waals surface area contributed by atoms with E-state index in [9.17, 15) is 21.6 Å². The zero-order valence-corrected chi connectivity index (χ0v) is 18.2. The minimum Gasteiger partial charge on any atom is -0.342 e. The molecule has 1 aliphatic rings. The highest BCUT2D eigenvalue weighted by Crippen LogP contribution is 2.22. The number of aryl methyl sites for hydroxylation is 2. The second-order valence-electron chi connectivity index (χ2n) is 7.44. The number of rotatable bonds is 7. The number of imidazole rings is 1. The maximum atomic E-state index is 12.6. The molecule has 2 N–H and O–H groups in total. The van der Waals surface area contributed by atoms with Gasteiger partial charge >= 0.3 is 0 Å². The average molecular weight is 443 g/mol. The van der Waals surface area contributed by atoms with Gasteiger partial charge in [0, 0.05) is 32.5 Å². The molecule has 1 saturated heterocycles. The molecule has 29 heavy (non-hydrogen) atoms. The molecule has 2 heterocycles. The largest absolute Gasteiger partial charge is 0.342 e. The van der Waals surface area contributed by atoms with Crippen LogP contribution in [0.25, 0.3) is 11.0 Å². The van der Waals surface area contributed by atoms with Crippen LogP contribution >= 0.6 is 0 Å². The number of nitrogens with zero attached hydrogens (tertiary/aromatic N) is 3. The molecule has 1 atom stereocenters. The lowest BCUT2D eigenvalue weighted by Gasteiger charge is -2.23. The first-order chi connectivity index (χ1) is 13.5. The summed E-state index contributed by atoms with van der Waals surface area (Å²) in [4.78, 5) is 18.6. The number of sulfone groups is 1. The minimum atomic E-state index is -3.83. The lowest BCUT2D eigenvalue weighted by Crippen LogP contribution is -2.38. The first-order valence-corrected chi connectivity index (χ1v) is 12.9. The summed E-state index contributed by atoms with van der Waals surface area (Å²) in [7, 11) is -5.24. The van der Waals surface area contributed by atoms with Gasteiger partial charge in [-0.3, -0.25) is 4.79 Å². The summed E-state index contributed by atoms with van der Waals surface area (Å²) in [6, 6.07) is 4.30. The van der Waals surface area contributed by atoms with Gasteiger partial charge in [0.05, 0.1) is 27.4 Å². The summed E-state index contributed by atoms with van der Waals surface area (Å²) in [5, 5.41) is 5.21. The molecular formula is C18H26N4O5S2. The molecule has 0 bridgehead atoms. The summed E-state index contributed by atoms with van der Waals surface area (Å²) < 4.78 is 48.5. The van der Waals surface area contributed by atoms with Gasteiger partial charge in [0.15, 0.2) is 9.84 Å². The van der Waals surface area contributed by atoms with Gasteiger partial charge in [0.1, 0.15) is 5.82 Å². The molecule has 1 aliphatic heterocycles.